The highest BCUT2D eigenvalue weighted by Crippen LogP contribution is 2.28. The lowest BCUT2D eigenvalue weighted by atomic mass is 10.0. The number of rotatable bonds is 9. The minimum absolute atomic E-state index is 0.0278. The first kappa shape index (κ1) is 25.3. The number of hydrogen-bond acceptors (Lipinski definition) is 6. The van der Waals surface area contributed by atoms with Gasteiger partial charge in [0.2, 0.25) is 6.41 Å². The van der Waals surface area contributed by atoms with Gasteiger partial charge in [-0.1, -0.05) is 36.4 Å². The molecule has 0 spiro atoms. The smallest absolute Gasteiger partial charge is 0.233 e. The van der Waals surface area contributed by atoms with Crippen LogP contribution in [0.1, 0.15) is 28.4 Å². The predicted octanol–water partition coefficient (Wildman–Crippen LogP) is 4.93. The van der Waals surface area contributed by atoms with Crippen molar-refractivity contribution in [2.45, 2.75) is 31.4 Å². The zero-order valence-corrected chi connectivity index (χ0v) is 20.6. The summed E-state index contributed by atoms with van der Waals surface area (Å²) in [5.41, 5.74) is 2.97. The van der Waals surface area contributed by atoms with Crippen LogP contribution in [0.15, 0.2) is 77.7 Å². The second-order valence-corrected chi connectivity index (χ2v) is 10.5. The third kappa shape index (κ3) is 5.37. The molecule has 4 aromatic rings. The van der Waals surface area contributed by atoms with Crippen LogP contribution < -0.4 is 4.74 Å². The molecule has 0 saturated carbocycles. The van der Waals surface area contributed by atoms with Gasteiger partial charge in [-0.15, -0.1) is 0 Å². The number of sulfone groups is 1. The van der Waals surface area contributed by atoms with E-state index in [1.807, 2.05) is 6.07 Å². The quantitative estimate of drug-likeness (QED) is 0.196. The van der Waals surface area contributed by atoms with Crippen LogP contribution in [0.5, 0.6) is 5.75 Å². The minimum Gasteiger partial charge on any atom is -0.489 e. The molecule has 9 heteroatoms. The maximum atomic E-state index is 14.2. The summed E-state index contributed by atoms with van der Waals surface area (Å²) in [4.78, 5) is 15.5. The van der Waals surface area contributed by atoms with Crippen LogP contribution in [0.3, 0.4) is 0 Å². The van der Waals surface area contributed by atoms with Crippen LogP contribution >= 0.6 is 0 Å². The maximum absolute atomic E-state index is 14.2. The Morgan fingerprint density at radius 3 is 2.47 bits per heavy atom. The van der Waals surface area contributed by atoms with Crippen LogP contribution in [0.2, 0.25) is 0 Å². The molecule has 0 fully saturated rings. The molecule has 4 rings (SSSR count). The fourth-order valence-electron chi connectivity index (χ4n) is 4.10. The van der Waals surface area contributed by atoms with Gasteiger partial charge >= 0.3 is 0 Å². The van der Waals surface area contributed by atoms with Crippen molar-refractivity contribution < 1.29 is 27.5 Å². The molecule has 1 N–H and O–H groups in total. The van der Waals surface area contributed by atoms with E-state index in [4.69, 9.17) is 4.74 Å². The number of ether oxygens (including phenoxy) is 1. The zero-order valence-electron chi connectivity index (χ0n) is 19.8. The SMILES string of the molecule is Cc1cc(COc2ccc(S(=O)(=O)CC(c3ccccc3C)N(O)C=O)cc2)c2cccc(F)c2n1. The molecule has 1 amide bonds. The van der Waals surface area contributed by atoms with Crippen molar-refractivity contribution >= 4 is 27.2 Å². The van der Waals surface area contributed by atoms with Gasteiger partial charge in [0.25, 0.3) is 0 Å². The average molecular weight is 509 g/mol. The highest BCUT2D eigenvalue weighted by molar-refractivity contribution is 7.91. The van der Waals surface area contributed by atoms with Crippen LogP contribution in [0, 0.1) is 19.7 Å². The minimum atomic E-state index is -3.87. The third-order valence-corrected chi connectivity index (χ3v) is 7.68. The second kappa shape index (κ2) is 10.4. The van der Waals surface area contributed by atoms with Gasteiger partial charge in [-0.2, -0.15) is 0 Å². The molecule has 36 heavy (non-hydrogen) atoms. The molecule has 186 valence electrons. The highest BCUT2D eigenvalue weighted by Gasteiger charge is 2.28. The molecule has 0 aliphatic carbocycles. The Bertz CT molecular complexity index is 1510. The summed E-state index contributed by atoms with van der Waals surface area (Å²) in [6.07, 6.45) is 0.194. The van der Waals surface area contributed by atoms with Crippen molar-refractivity contribution in [3.63, 3.8) is 0 Å². The second-order valence-electron chi connectivity index (χ2n) is 8.46. The van der Waals surface area contributed by atoms with Crippen LogP contribution in [0.4, 0.5) is 4.39 Å². The van der Waals surface area contributed by atoms with Crippen LogP contribution in [-0.4, -0.2) is 35.8 Å². The molecular formula is C27H25FN2O5S. The number of benzene rings is 3. The number of halogens is 1. The number of aromatic nitrogens is 1. The molecule has 1 unspecified atom stereocenters. The van der Waals surface area contributed by atoms with Gasteiger partial charge < -0.3 is 4.74 Å². The third-order valence-electron chi connectivity index (χ3n) is 5.93. The number of hydroxylamine groups is 2. The Morgan fingerprint density at radius 1 is 1.06 bits per heavy atom. The molecule has 7 nitrogen and oxygen atoms in total. The van der Waals surface area contributed by atoms with E-state index in [1.54, 1.807) is 50.2 Å². The van der Waals surface area contributed by atoms with Crippen molar-refractivity contribution in [2.24, 2.45) is 0 Å². The van der Waals surface area contributed by atoms with Gasteiger partial charge in [0.15, 0.2) is 9.84 Å². The first-order valence-electron chi connectivity index (χ1n) is 11.2. The Labute approximate surface area is 208 Å². The predicted molar refractivity (Wildman–Crippen MR) is 133 cm³/mol. The molecule has 0 saturated heterocycles. The molecule has 1 heterocycles. The monoisotopic (exact) mass is 508 g/mol. The van der Waals surface area contributed by atoms with Crippen LogP contribution in [-0.2, 0) is 21.2 Å². The maximum Gasteiger partial charge on any atom is 0.233 e. The standard InChI is InChI=1S/C27H25FN2O5S/c1-18-6-3-4-7-23(18)26(30(32)17-31)16-36(33,34)22-12-10-21(11-13-22)35-15-20-14-19(2)29-27-24(20)8-5-9-25(27)28/h3-14,17,26,32H,15-16H2,1-2H3. The van der Waals surface area contributed by atoms with Crippen LogP contribution in [0.25, 0.3) is 10.9 Å². The molecule has 1 aromatic heterocycles. The van der Waals surface area contributed by atoms with E-state index in [2.05, 4.69) is 4.98 Å². The van der Waals surface area contributed by atoms with E-state index in [-0.39, 0.29) is 23.4 Å². The Kier molecular flexibility index (Phi) is 7.32. The van der Waals surface area contributed by atoms with Gasteiger partial charge in [0, 0.05) is 16.6 Å². The number of aryl methyl sites for hydroxylation is 2. The number of hydrogen-bond donors (Lipinski definition) is 1. The molecule has 0 bridgehead atoms. The average Bonchev–Trinajstić information content (AvgIpc) is 2.87. The topological polar surface area (TPSA) is 96.8 Å². The van der Waals surface area contributed by atoms with E-state index in [0.717, 1.165) is 11.1 Å². The number of nitrogens with zero attached hydrogens (tertiary/aromatic N) is 2. The lowest BCUT2D eigenvalue weighted by Gasteiger charge is -2.24. The number of carbonyl (C=O) groups is 1. The van der Waals surface area contributed by atoms with Crippen molar-refractivity contribution in [3.8, 4) is 5.75 Å². The summed E-state index contributed by atoms with van der Waals surface area (Å²) in [7, 11) is -3.87. The van der Waals surface area contributed by atoms with E-state index in [1.165, 1.54) is 30.3 Å². The van der Waals surface area contributed by atoms with E-state index in [0.29, 0.717) is 27.5 Å². The van der Waals surface area contributed by atoms with Crippen molar-refractivity contribution in [3.05, 3.63) is 101 Å². The lowest BCUT2D eigenvalue weighted by molar-refractivity contribution is -0.158. The van der Waals surface area contributed by atoms with Crippen molar-refractivity contribution in [1.82, 2.24) is 10.0 Å². The zero-order chi connectivity index (χ0) is 25.9. The fraction of sp³-hybridized carbons (Fsp3) is 0.185. The van der Waals surface area contributed by atoms with Gasteiger partial charge in [-0.05, 0) is 61.4 Å². The normalized spacial score (nSPS) is 12.3. The largest absolute Gasteiger partial charge is 0.489 e. The fourth-order valence-corrected chi connectivity index (χ4v) is 5.59. The molecule has 0 aliphatic rings. The molecule has 1 atom stereocenters. The van der Waals surface area contributed by atoms with Gasteiger partial charge in [0.1, 0.15) is 23.7 Å². The summed E-state index contributed by atoms with van der Waals surface area (Å²) < 4.78 is 46.2. The summed E-state index contributed by atoms with van der Waals surface area (Å²) in [5.74, 6) is -0.478. The summed E-state index contributed by atoms with van der Waals surface area (Å²) >= 11 is 0. The van der Waals surface area contributed by atoms with Gasteiger partial charge in [-0.25, -0.2) is 17.9 Å². The number of amides is 1. The summed E-state index contributed by atoms with van der Waals surface area (Å²) in [6.45, 7) is 3.70. The Morgan fingerprint density at radius 2 is 1.78 bits per heavy atom. The van der Waals surface area contributed by atoms with Gasteiger partial charge in [0.05, 0.1) is 16.7 Å². The van der Waals surface area contributed by atoms with Gasteiger partial charge in [-0.3, -0.25) is 15.0 Å². The molecular weight excluding hydrogens is 483 g/mol. The Balaban J connectivity index is 1.53. The first-order valence-corrected chi connectivity index (χ1v) is 12.8. The van der Waals surface area contributed by atoms with Crippen molar-refractivity contribution in [1.29, 1.82) is 0 Å². The highest BCUT2D eigenvalue weighted by atomic mass is 32.2. The van der Waals surface area contributed by atoms with E-state index < -0.39 is 27.4 Å². The van der Waals surface area contributed by atoms with E-state index >= 15 is 0 Å². The number of carbonyl (C=O) groups excluding carboxylic acids is 1. The van der Waals surface area contributed by atoms with E-state index in [9.17, 15) is 22.8 Å². The number of para-hydroxylation sites is 1. The lowest BCUT2D eigenvalue weighted by Crippen LogP contribution is -2.30. The van der Waals surface area contributed by atoms with Crippen molar-refractivity contribution in [2.75, 3.05) is 5.75 Å². The molecule has 0 aliphatic heterocycles. The molecule has 0 radical (unpaired) electrons. The first-order chi connectivity index (χ1) is 17.2. The number of pyridine rings is 1. The summed E-state index contributed by atoms with van der Waals surface area (Å²) in [5, 5.41) is 11.1. The molecule has 3 aromatic carbocycles. The number of fused-ring (bicyclic) bond motifs is 1. The Hall–Kier alpha value is -3.82. The summed E-state index contributed by atoms with van der Waals surface area (Å²) in [6, 6.07) is 18.3.